The Morgan fingerprint density at radius 3 is 1.08 bits per heavy atom. The van der Waals surface area contributed by atoms with Crippen molar-refractivity contribution in [2.24, 2.45) is 0 Å². The van der Waals surface area contributed by atoms with Crippen molar-refractivity contribution >= 4 is 272 Å². The molecule has 0 atom stereocenters. The van der Waals surface area contributed by atoms with Crippen LogP contribution in [-0.4, -0.2) is 4.57 Å². The lowest BCUT2D eigenvalue weighted by Gasteiger charge is -2.10. The first-order chi connectivity index (χ1) is 26.2. The van der Waals surface area contributed by atoms with E-state index in [0.29, 0.717) is 0 Å². The fourth-order valence-electron chi connectivity index (χ4n) is 4.00. The van der Waals surface area contributed by atoms with Crippen LogP contribution in [0.15, 0.2) is 97.1 Å². The molecule has 2 N–H and O–H groups in total. The Morgan fingerprint density at radius 2 is 0.698 bits per heavy atom. The van der Waals surface area contributed by atoms with Crippen molar-refractivity contribution in [1.29, 1.82) is 0 Å². The van der Waals surface area contributed by atoms with E-state index in [1.165, 1.54) is 39.6 Å². The van der Waals surface area contributed by atoms with Crippen LogP contribution in [0.1, 0.15) is 0 Å². The van der Waals surface area contributed by atoms with E-state index in [2.05, 4.69) is 83.4 Å². The zero-order valence-electron chi connectivity index (χ0n) is 25.3. The summed E-state index contributed by atoms with van der Waals surface area (Å²) in [6, 6.07) is 33.8. The van der Waals surface area contributed by atoms with Gasteiger partial charge in [0.2, 0.25) is 0 Å². The van der Waals surface area contributed by atoms with Crippen molar-refractivity contribution in [1.82, 2.24) is 4.57 Å². The summed E-state index contributed by atoms with van der Waals surface area (Å²) in [6.45, 7) is 0. The molecule has 0 aliphatic rings. The average Bonchev–Trinajstić information content (AvgIpc) is 3.53. The van der Waals surface area contributed by atoms with Gasteiger partial charge < -0.3 is 10.3 Å². The van der Waals surface area contributed by atoms with Gasteiger partial charge in [0.25, 0.3) is 0 Å². The zero-order chi connectivity index (χ0) is 37.2. The quantitative estimate of drug-likeness (QED) is 0.222. The first-order valence-corrected chi connectivity index (χ1v) is 47.8. The van der Waals surface area contributed by atoms with E-state index in [1.54, 1.807) is 124 Å². The van der Waals surface area contributed by atoms with Crippen LogP contribution >= 0.6 is 0 Å². The summed E-state index contributed by atoms with van der Waals surface area (Å²) in [7, 11) is 43.6. The van der Waals surface area contributed by atoms with Crippen LogP contribution in [0.3, 0.4) is 0 Å². The summed E-state index contributed by atoms with van der Waals surface area (Å²) >= 11 is 9.56. The average molecular weight is 1200 g/mol. The Kier molecular flexibility index (Phi) is 28.4. The third-order valence-corrected chi connectivity index (χ3v) is 58.9. The Balaban J connectivity index is 0.000000236. The number of benzene rings is 4. The second kappa shape index (κ2) is 31.3. The monoisotopic (exact) mass is 1200 g/mol. The molecule has 2 nitrogen and oxygen atoms in total. The number of nitrogens with two attached hydrogens (primary N) is 1. The van der Waals surface area contributed by atoms with Gasteiger partial charge in [0, 0.05) is 267 Å². The molecule has 1 heterocycles. The zero-order valence-corrected chi connectivity index (χ0v) is 47.3. The van der Waals surface area contributed by atoms with Gasteiger partial charge in [-0.05, 0) is 47.5 Å². The summed E-state index contributed by atoms with van der Waals surface area (Å²) in [6.07, 6.45) is 0. The van der Waals surface area contributed by atoms with E-state index in [0.717, 1.165) is 22.5 Å². The van der Waals surface area contributed by atoms with Gasteiger partial charge in [0.05, 0.1) is 11.0 Å². The molecule has 0 bridgehead atoms. The summed E-state index contributed by atoms with van der Waals surface area (Å²) in [5, 5.41) is 2.55. The van der Waals surface area contributed by atoms with E-state index < -0.39 is 0 Å². The molecule has 0 spiro atoms. The molecule has 0 unspecified atom stereocenters. The maximum absolute atomic E-state index is 5.97. The van der Waals surface area contributed by atoms with Crippen LogP contribution in [0.2, 0.25) is 0 Å². The Labute approximate surface area is 388 Å². The molecule has 53 heavy (non-hydrogen) atoms. The van der Waals surface area contributed by atoms with Gasteiger partial charge in [-0.3, -0.25) is 0 Å². The van der Waals surface area contributed by atoms with Gasteiger partial charge in [0.15, 0.2) is 0 Å². The SMILES string of the molecule is Nc1cccc(-c2cccc(-n3c4ccccc4c4ccccc43)c2)c1.S=S=S=S=S=S=S=S=S=S=S=S=S=S=S=S=S=S=S=S=S=S=S=S=S=S=S. The maximum atomic E-state index is 5.97. The minimum Gasteiger partial charge on any atom is -0.399 e. The van der Waals surface area contributed by atoms with Crippen LogP contribution in [0.4, 0.5) is 5.69 Å². The lowest BCUT2D eigenvalue weighted by Crippen LogP contribution is -1.94. The van der Waals surface area contributed by atoms with Crippen molar-refractivity contribution in [2.75, 3.05) is 5.73 Å². The second-order valence-corrected chi connectivity index (χ2v) is 52.5. The third-order valence-electron chi connectivity index (χ3n) is 5.57. The molecule has 0 radical (unpaired) electrons. The molecular formula is C24H18N2S27. The minimum absolute atomic E-state index is 0.782. The predicted octanol–water partition coefficient (Wildman–Crippen LogP) is 5.97. The van der Waals surface area contributed by atoms with E-state index in [9.17, 15) is 0 Å². The number of nitrogen functional groups attached to an aromatic ring is 1. The van der Waals surface area contributed by atoms with Gasteiger partial charge in [-0.1, -0.05) is 60.7 Å². The number of hydrogen-bond acceptors (Lipinski definition) is 3. The van der Waals surface area contributed by atoms with E-state index in [4.69, 9.17) is 28.1 Å². The van der Waals surface area contributed by atoms with Gasteiger partial charge in [-0.25, -0.2) is 0 Å². The molecule has 286 valence electrons. The predicted molar refractivity (Wildman–Crippen MR) is 309 cm³/mol. The van der Waals surface area contributed by atoms with Crippen LogP contribution in [0.5, 0.6) is 0 Å². The first kappa shape index (κ1) is 48.1. The highest BCUT2D eigenvalue weighted by Gasteiger charge is 2.11. The van der Waals surface area contributed by atoms with Crippen molar-refractivity contribution in [3.63, 3.8) is 0 Å². The van der Waals surface area contributed by atoms with Crippen molar-refractivity contribution in [3.8, 4) is 16.8 Å². The van der Waals surface area contributed by atoms with Crippen LogP contribution in [0, 0.1) is 0 Å². The van der Waals surface area contributed by atoms with Crippen LogP contribution in [0.25, 0.3) is 38.6 Å². The van der Waals surface area contributed by atoms with Gasteiger partial charge in [-0.15, -0.1) is 0 Å². The number of nitrogens with zero attached hydrogens (tertiary/aromatic N) is 1. The van der Waals surface area contributed by atoms with Gasteiger partial charge in [0.1, 0.15) is 0 Å². The number of hydrogen-bond donors (Lipinski definition) is 1. The normalized spacial score (nSPS) is 9.36. The van der Waals surface area contributed by atoms with E-state index in [-0.39, 0.29) is 0 Å². The summed E-state index contributed by atoms with van der Waals surface area (Å²) in [4.78, 5) is 0. The van der Waals surface area contributed by atoms with E-state index in [1.807, 2.05) is 98.1 Å². The molecule has 0 fully saturated rings. The smallest absolute Gasteiger partial charge is 0.0541 e. The highest BCUT2D eigenvalue weighted by molar-refractivity contribution is 8.79. The standard InChI is InChI=1S/C24H18N2.S27/c25-19-9-5-7-17(15-19)18-8-6-10-20(16-18)26-23-13-3-1-11-21(23)22-12-2-4-14-24(22)26;1-3-5-7-9-11-13-15-17-19-21-23-25-27-26-24-22-20-18-16-14-12-10-8-6-4-2/h1-16H,25H2;. The molecule has 1 aromatic heterocycles. The molecule has 0 aliphatic heterocycles. The Hall–Kier alpha value is 2.42. The molecule has 0 amide bonds. The molecule has 5 aromatic rings. The fourth-order valence-corrected chi connectivity index (χ4v) is 67.1. The molecule has 0 aliphatic carbocycles. The molecule has 0 saturated carbocycles. The molecule has 0 saturated heterocycles. The topological polar surface area (TPSA) is 30.9 Å². The maximum Gasteiger partial charge on any atom is 0.0541 e. The van der Waals surface area contributed by atoms with Crippen LogP contribution in [-0.2, 0) is 244 Å². The largest absolute Gasteiger partial charge is 0.399 e. The molecule has 4 aromatic carbocycles. The number of rotatable bonds is 2. The number of aromatic nitrogens is 1. The summed E-state index contributed by atoms with van der Waals surface area (Å²) < 4.78 is 2.33. The highest BCUT2D eigenvalue weighted by Crippen LogP contribution is 2.33. The Bertz CT molecular complexity index is 3130. The minimum atomic E-state index is 0.782. The first-order valence-electron chi connectivity index (χ1n) is 13.1. The van der Waals surface area contributed by atoms with E-state index >= 15 is 0 Å². The Morgan fingerprint density at radius 1 is 0.358 bits per heavy atom. The highest BCUT2D eigenvalue weighted by atomic mass is 33.5. The van der Waals surface area contributed by atoms with Crippen LogP contribution < -0.4 is 5.73 Å². The summed E-state index contributed by atoms with van der Waals surface area (Å²) in [5.74, 6) is 0. The third kappa shape index (κ3) is 19.1. The van der Waals surface area contributed by atoms with Gasteiger partial charge >= 0.3 is 0 Å². The number of para-hydroxylation sites is 2. The number of fused-ring (bicyclic) bond motifs is 3. The fraction of sp³-hybridized carbons (Fsp3) is 0. The van der Waals surface area contributed by atoms with Crippen molar-refractivity contribution in [3.05, 3.63) is 97.1 Å². The van der Waals surface area contributed by atoms with Gasteiger partial charge in [-0.2, -0.15) is 0 Å². The van der Waals surface area contributed by atoms with Crippen molar-refractivity contribution < 1.29 is 0 Å². The lowest BCUT2D eigenvalue weighted by molar-refractivity contribution is 1.18. The molecule has 29 heteroatoms. The van der Waals surface area contributed by atoms with Crippen molar-refractivity contribution in [2.45, 2.75) is 0 Å². The molecule has 5 rings (SSSR count). The molecular weight excluding hydrogens is 1180 g/mol. The second-order valence-electron chi connectivity index (χ2n) is 8.25. The summed E-state index contributed by atoms with van der Waals surface area (Å²) in [5.41, 5.74) is 12.6. The lowest BCUT2D eigenvalue weighted by atomic mass is 10.0. The number of anilines is 1.